The van der Waals surface area contributed by atoms with E-state index in [4.69, 9.17) is 0 Å². The van der Waals surface area contributed by atoms with Gasteiger partial charge in [-0.15, -0.1) is 0 Å². The first-order chi connectivity index (χ1) is 7.75. The summed E-state index contributed by atoms with van der Waals surface area (Å²) in [7, 11) is 0. The van der Waals surface area contributed by atoms with Gasteiger partial charge in [0.2, 0.25) is 0 Å². The molecule has 16 heavy (non-hydrogen) atoms. The van der Waals surface area contributed by atoms with Crippen molar-refractivity contribution in [2.75, 3.05) is 13.1 Å². The minimum atomic E-state index is -0.615. The Morgan fingerprint density at radius 1 is 1.44 bits per heavy atom. The Kier molecular flexibility index (Phi) is 3.91. The molecular weight excluding hydrogens is 205 g/mol. The van der Waals surface area contributed by atoms with Crippen molar-refractivity contribution in [2.45, 2.75) is 25.4 Å². The van der Waals surface area contributed by atoms with Gasteiger partial charge in [0.15, 0.2) is 0 Å². The Balaban J connectivity index is 1.76. The SMILES string of the molecule is OC(CNCC1CCC1)c1cccc(F)c1. The van der Waals surface area contributed by atoms with E-state index >= 15 is 0 Å². The first-order valence-electron chi connectivity index (χ1n) is 5.90. The Bertz CT molecular complexity index is 338. The van der Waals surface area contributed by atoms with Gasteiger partial charge in [0.25, 0.3) is 0 Å². The number of nitrogens with one attached hydrogen (secondary N) is 1. The molecule has 1 aromatic rings. The van der Waals surface area contributed by atoms with E-state index in [1.54, 1.807) is 12.1 Å². The molecule has 1 fully saturated rings. The summed E-state index contributed by atoms with van der Waals surface area (Å²) in [5.41, 5.74) is 0.640. The van der Waals surface area contributed by atoms with Crippen molar-refractivity contribution >= 4 is 0 Å². The molecule has 0 heterocycles. The third kappa shape index (κ3) is 3.03. The monoisotopic (exact) mass is 223 g/mol. The molecular formula is C13H18FNO. The molecule has 2 nitrogen and oxygen atoms in total. The zero-order valence-electron chi connectivity index (χ0n) is 9.32. The van der Waals surface area contributed by atoms with Crippen molar-refractivity contribution in [1.82, 2.24) is 5.32 Å². The molecule has 1 saturated carbocycles. The maximum Gasteiger partial charge on any atom is 0.123 e. The fraction of sp³-hybridized carbons (Fsp3) is 0.538. The molecule has 0 saturated heterocycles. The number of rotatable bonds is 5. The van der Waals surface area contributed by atoms with Gasteiger partial charge in [0, 0.05) is 6.54 Å². The van der Waals surface area contributed by atoms with Crippen LogP contribution in [0.15, 0.2) is 24.3 Å². The van der Waals surface area contributed by atoms with Crippen LogP contribution in [-0.2, 0) is 0 Å². The van der Waals surface area contributed by atoms with Gasteiger partial charge in [-0.05, 0) is 43.0 Å². The second kappa shape index (κ2) is 5.41. The molecule has 0 radical (unpaired) electrons. The lowest BCUT2D eigenvalue weighted by molar-refractivity contribution is 0.168. The van der Waals surface area contributed by atoms with Gasteiger partial charge < -0.3 is 10.4 Å². The third-order valence-electron chi connectivity index (χ3n) is 3.23. The maximum atomic E-state index is 12.9. The fourth-order valence-electron chi connectivity index (χ4n) is 1.95. The molecule has 0 aromatic heterocycles. The van der Waals surface area contributed by atoms with Crippen molar-refractivity contribution in [3.05, 3.63) is 35.6 Å². The molecule has 1 aliphatic carbocycles. The zero-order chi connectivity index (χ0) is 11.4. The summed E-state index contributed by atoms with van der Waals surface area (Å²) in [6.45, 7) is 1.46. The standard InChI is InChI=1S/C13H18FNO/c14-12-6-2-5-11(7-12)13(16)9-15-8-10-3-1-4-10/h2,5-7,10,13,15-16H,1,3-4,8-9H2. The van der Waals surface area contributed by atoms with Gasteiger partial charge in [0.05, 0.1) is 6.10 Å². The average Bonchev–Trinajstić information content (AvgIpc) is 2.21. The van der Waals surface area contributed by atoms with Crippen LogP contribution >= 0.6 is 0 Å². The van der Waals surface area contributed by atoms with Gasteiger partial charge in [0.1, 0.15) is 5.82 Å². The Hall–Kier alpha value is -0.930. The minimum absolute atomic E-state index is 0.296. The highest BCUT2D eigenvalue weighted by Gasteiger charge is 2.17. The van der Waals surface area contributed by atoms with Crippen LogP contribution in [0.3, 0.4) is 0 Å². The van der Waals surface area contributed by atoms with E-state index in [2.05, 4.69) is 5.32 Å². The molecule has 2 rings (SSSR count). The summed E-state index contributed by atoms with van der Waals surface area (Å²) in [5, 5.41) is 13.1. The van der Waals surface area contributed by atoms with Gasteiger partial charge >= 0.3 is 0 Å². The van der Waals surface area contributed by atoms with Crippen LogP contribution < -0.4 is 5.32 Å². The lowest BCUT2D eigenvalue weighted by Gasteiger charge is -2.26. The lowest BCUT2D eigenvalue weighted by atomic mass is 9.85. The molecule has 1 atom stereocenters. The highest BCUT2D eigenvalue weighted by atomic mass is 19.1. The summed E-state index contributed by atoms with van der Waals surface area (Å²) < 4.78 is 12.9. The van der Waals surface area contributed by atoms with E-state index in [-0.39, 0.29) is 5.82 Å². The van der Waals surface area contributed by atoms with Crippen molar-refractivity contribution < 1.29 is 9.50 Å². The molecule has 0 amide bonds. The molecule has 88 valence electrons. The largest absolute Gasteiger partial charge is 0.387 e. The van der Waals surface area contributed by atoms with Gasteiger partial charge in [-0.25, -0.2) is 4.39 Å². The molecule has 0 bridgehead atoms. The van der Waals surface area contributed by atoms with E-state index in [9.17, 15) is 9.50 Å². The van der Waals surface area contributed by atoms with Gasteiger partial charge in [-0.3, -0.25) is 0 Å². The van der Waals surface area contributed by atoms with Gasteiger partial charge in [-0.1, -0.05) is 18.6 Å². The van der Waals surface area contributed by atoms with E-state index in [1.165, 1.54) is 31.4 Å². The number of aliphatic hydroxyl groups excluding tert-OH is 1. The third-order valence-corrected chi connectivity index (χ3v) is 3.23. The van der Waals surface area contributed by atoms with Crippen LogP contribution in [-0.4, -0.2) is 18.2 Å². The average molecular weight is 223 g/mol. The molecule has 3 heteroatoms. The Morgan fingerprint density at radius 3 is 2.88 bits per heavy atom. The molecule has 0 spiro atoms. The number of aliphatic hydroxyl groups is 1. The zero-order valence-corrected chi connectivity index (χ0v) is 9.32. The van der Waals surface area contributed by atoms with Crippen LogP contribution in [0.4, 0.5) is 4.39 Å². The summed E-state index contributed by atoms with van der Waals surface area (Å²) in [6.07, 6.45) is 3.31. The second-order valence-electron chi connectivity index (χ2n) is 4.53. The minimum Gasteiger partial charge on any atom is -0.387 e. The highest BCUT2D eigenvalue weighted by Crippen LogP contribution is 2.25. The molecule has 2 N–H and O–H groups in total. The van der Waals surface area contributed by atoms with E-state index < -0.39 is 6.10 Å². The van der Waals surface area contributed by atoms with Crippen LogP contribution in [0.1, 0.15) is 30.9 Å². The van der Waals surface area contributed by atoms with E-state index in [1.807, 2.05) is 0 Å². The van der Waals surface area contributed by atoms with Crippen LogP contribution in [0.2, 0.25) is 0 Å². The summed E-state index contributed by atoms with van der Waals surface area (Å²) in [5.74, 6) is 0.482. The number of hydrogen-bond acceptors (Lipinski definition) is 2. The summed E-state index contributed by atoms with van der Waals surface area (Å²) in [4.78, 5) is 0. The Morgan fingerprint density at radius 2 is 2.25 bits per heavy atom. The second-order valence-corrected chi connectivity index (χ2v) is 4.53. The number of hydrogen-bond donors (Lipinski definition) is 2. The first-order valence-corrected chi connectivity index (χ1v) is 5.90. The van der Waals surface area contributed by atoms with Crippen LogP contribution in [0.25, 0.3) is 0 Å². The normalized spacial score (nSPS) is 18.1. The van der Waals surface area contributed by atoms with Crippen LogP contribution in [0.5, 0.6) is 0 Å². The number of halogens is 1. The summed E-state index contributed by atoms with van der Waals surface area (Å²) >= 11 is 0. The smallest absolute Gasteiger partial charge is 0.123 e. The lowest BCUT2D eigenvalue weighted by Crippen LogP contribution is -2.30. The van der Waals surface area contributed by atoms with Crippen molar-refractivity contribution in [1.29, 1.82) is 0 Å². The topological polar surface area (TPSA) is 32.3 Å². The first kappa shape index (κ1) is 11.6. The Labute approximate surface area is 95.5 Å². The number of benzene rings is 1. The van der Waals surface area contributed by atoms with Crippen molar-refractivity contribution in [3.8, 4) is 0 Å². The molecule has 1 aliphatic rings. The summed E-state index contributed by atoms with van der Waals surface area (Å²) in [6, 6.07) is 6.15. The van der Waals surface area contributed by atoms with E-state index in [0.29, 0.717) is 12.1 Å². The molecule has 0 aliphatic heterocycles. The fourth-order valence-corrected chi connectivity index (χ4v) is 1.95. The highest BCUT2D eigenvalue weighted by molar-refractivity contribution is 5.18. The van der Waals surface area contributed by atoms with Crippen LogP contribution in [0, 0.1) is 11.7 Å². The predicted molar refractivity (Wildman–Crippen MR) is 61.6 cm³/mol. The van der Waals surface area contributed by atoms with Crippen molar-refractivity contribution in [2.24, 2.45) is 5.92 Å². The van der Waals surface area contributed by atoms with Gasteiger partial charge in [-0.2, -0.15) is 0 Å². The predicted octanol–water partition coefficient (Wildman–Crippen LogP) is 2.25. The van der Waals surface area contributed by atoms with Crippen molar-refractivity contribution in [3.63, 3.8) is 0 Å². The molecule has 1 unspecified atom stereocenters. The molecule has 1 aromatic carbocycles. The quantitative estimate of drug-likeness (QED) is 0.802. The van der Waals surface area contributed by atoms with E-state index in [0.717, 1.165) is 12.5 Å². The maximum absolute atomic E-state index is 12.9.